The van der Waals surface area contributed by atoms with Crippen LogP contribution in [0, 0.1) is 5.82 Å². The lowest BCUT2D eigenvalue weighted by atomic mass is 10.1. The summed E-state index contributed by atoms with van der Waals surface area (Å²) in [6, 6.07) is 24.0. The van der Waals surface area contributed by atoms with E-state index >= 15 is 0 Å². The molecule has 1 N–H and O–H groups in total. The molecule has 0 bridgehead atoms. The summed E-state index contributed by atoms with van der Waals surface area (Å²) in [6.45, 7) is 0.383. The number of ether oxygens (including phenoxy) is 3. The molecule has 212 valence electrons. The molecular formula is C32H24ClFN2O6. The predicted octanol–water partition coefficient (Wildman–Crippen LogP) is 6.31. The number of amides is 4. The van der Waals surface area contributed by atoms with E-state index in [2.05, 4.69) is 5.32 Å². The molecule has 1 saturated heterocycles. The topological polar surface area (TPSA) is 94.2 Å². The van der Waals surface area contributed by atoms with Gasteiger partial charge in [0.2, 0.25) is 0 Å². The molecule has 0 spiro atoms. The Kier molecular flexibility index (Phi) is 8.50. The quantitative estimate of drug-likeness (QED) is 0.182. The first kappa shape index (κ1) is 28.4. The van der Waals surface area contributed by atoms with Gasteiger partial charge in [0.1, 0.15) is 30.4 Å². The monoisotopic (exact) mass is 586 g/mol. The molecular weight excluding hydrogens is 563 g/mol. The fourth-order valence-corrected chi connectivity index (χ4v) is 4.51. The maximum atomic E-state index is 13.5. The Morgan fingerprint density at radius 2 is 1.57 bits per heavy atom. The summed E-state index contributed by atoms with van der Waals surface area (Å²) < 4.78 is 30.5. The average Bonchev–Trinajstić information content (AvgIpc) is 2.98. The number of urea groups is 1. The van der Waals surface area contributed by atoms with Crippen LogP contribution in [0.3, 0.4) is 0 Å². The minimum absolute atomic E-state index is 0.0301. The van der Waals surface area contributed by atoms with E-state index in [4.69, 9.17) is 25.8 Å². The second kappa shape index (κ2) is 12.6. The summed E-state index contributed by atoms with van der Waals surface area (Å²) in [5.41, 5.74) is 1.89. The number of hydrogen-bond acceptors (Lipinski definition) is 6. The maximum absolute atomic E-state index is 13.5. The van der Waals surface area contributed by atoms with Gasteiger partial charge in [0.15, 0.2) is 11.5 Å². The molecule has 4 amide bonds. The largest absolute Gasteiger partial charge is 0.493 e. The van der Waals surface area contributed by atoms with Gasteiger partial charge in [0.25, 0.3) is 11.8 Å². The molecule has 4 aromatic rings. The molecule has 0 unspecified atom stereocenters. The van der Waals surface area contributed by atoms with Crippen LogP contribution in [-0.4, -0.2) is 25.0 Å². The molecule has 0 radical (unpaired) electrons. The molecule has 1 aliphatic heterocycles. The fourth-order valence-electron chi connectivity index (χ4n) is 4.24. The smallest absolute Gasteiger partial charge is 0.335 e. The van der Waals surface area contributed by atoms with Gasteiger partial charge in [-0.15, -0.1) is 0 Å². The van der Waals surface area contributed by atoms with Crippen molar-refractivity contribution in [2.75, 3.05) is 12.0 Å². The number of benzene rings is 4. The Balaban J connectivity index is 1.35. The van der Waals surface area contributed by atoms with E-state index in [0.29, 0.717) is 23.5 Å². The van der Waals surface area contributed by atoms with Crippen LogP contribution in [0.25, 0.3) is 6.08 Å². The van der Waals surface area contributed by atoms with Gasteiger partial charge in [-0.3, -0.25) is 14.9 Å². The highest BCUT2D eigenvalue weighted by atomic mass is 35.5. The average molecular weight is 587 g/mol. The number of nitrogens with one attached hydrogen (secondary N) is 1. The summed E-state index contributed by atoms with van der Waals surface area (Å²) >= 11 is 6.46. The number of imide groups is 2. The van der Waals surface area contributed by atoms with Gasteiger partial charge >= 0.3 is 6.03 Å². The second-order valence-electron chi connectivity index (χ2n) is 9.18. The van der Waals surface area contributed by atoms with Crippen LogP contribution >= 0.6 is 11.6 Å². The highest BCUT2D eigenvalue weighted by Gasteiger charge is 2.37. The number of anilines is 1. The van der Waals surface area contributed by atoms with Crippen LogP contribution in [0.2, 0.25) is 5.02 Å². The molecule has 4 aromatic carbocycles. The lowest BCUT2D eigenvalue weighted by molar-refractivity contribution is -0.122. The van der Waals surface area contributed by atoms with E-state index in [0.717, 1.165) is 10.5 Å². The second-order valence-corrected chi connectivity index (χ2v) is 9.59. The number of hydrogen-bond donors (Lipinski definition) is 1. The van der Waals surface area contributed by atoms with Crippen molar-refractivity contribution in [1.82, 2.24) is 5.32 Å². The molecule has 5 rings (SSSR count). The molecule has 42 heavy (non-hydrogen) atoms. The molecule has 10 heteroatoms. The van der Waals surface area contributed by atoms with E-state index in [-0.39, 0.29) is 34.4 Å². The molecule has 8 nitrogen and oxygen atoms in total. The molecule has 0 aromatic heterocycles. The molecule has 1 fully saturated rings. The van der Waals surface area contributed by atoms with Gasteiger partial charge in [-0.1, -0.05) is 54.1 Å². The van der Waals surface area contributed by atoms with Crippen molar-refractivity contribution in [2.45, 2.75) is 13.2 Å². The van der Waals surface area contributed by atoms with Crippen LogP contribution in [0.5, 0.6) is 17.2 Å². The first-order chi connectivity index (χ1) is 20.3. The lowest BCUT2D eigenvalue weighted by Crippen LogP contribution is -2.54. The first-order valence-corrected chi connectivity index (χ1v) is 13.1. The van der Waals surface area contributed by atoms with Crippen molar-refractivity contribution in [1.29, 1.82) is 0 Å². The van der Waals surface area contributed by atoms with Crippen LogP contribution < -0.4 is 24.4 Å². The Morgan fingerprint density at radius 1 is 0.857 bits per heavy atom. The number of barbiturate groups is 1. The highest BCUT2D eigenvalue weighted by molar-refractivity contribution is 6.39. The zero-order valence-electron chi connectivity index (χ0n) is 22.3. The van der Waals surface area contributed by atoms with Gasteiger partial charge < -0.3 is 14.2 Å². The fraction of sp³-hybridized carbons (Fsp3) is 0.0938. The normalized spacial score (nSPS) is 14.1. The number of halogens is 2. The van der Waals surface area contributed by atoms with Crippen LogP contribution in [-0.2, 0) is 22.8 Å². The van der Waals surface area contributed by atoms with Crippen molar-refractivity contribution < 1.29 is 33.0 Å². The standard InChI is InChI=1S/C32H24ClFN2O6/c1-40-28-17-22(16-27(33)29(28)42-19-21-8-5-9-23(34)14-21)15-26-30(37)35-32(39)36(31(26)38)24-10-12-25(13-11-24)41-18-20-6-3-2-4-7-20/h2-17H,18-19H2,1H3,(H,35,37,39)/b26-15+. The minimum atomic E-state index is -0.878. The third-order valence-corrected chi connectivity index (χ3v) is 6.56. The number of carbonyl (C=O) groups is 3. The zero-order chi connectivity index (χ0) is 29.6. The highest BCUT2D eigenvalue weighted by Crippen LogP contribution is 2.38. The minimum Gasteiger partial charge on any atom is -0.493 e. The lowest BCUT2D eigenvalue weighted by Gasteiger charge is -2.26. The van der Waals surface area contributed by atoms with Crippen LogP contribution in [0.15, 0.2) is 96.6 Å². The summed E-state index contributed by atoms with van der Waals surface area (Å²) in [5.74, 6) is -1.09. The number of methoxy groups -OCH3 is 1. The van der Waals surface area contributed by atoms with Crippen LogP contribution in [0.1, 0.15) is 16.7 Å². The number of nitrogens with zero attached hydrogens (tertiary/aromatic N) is 1. The Morgan fingerprint density at radius 3 is 2.29 bits per heavy atom. The molecule has 0 atom stereocenters. The third-order valence-electron chi connectivity index (χ3n) is 6.28. The van der Waals surface area contributed by atoms with Crippen LogP contribution in [0.4, 0.5) is 14.9 Å². The van der Waals surface area contributed by atoms with Crippen molar-refractivity contribution in [3.8, 4) is 17.2 Å². The van der Waals surface area contributed by atoms with Gasteiger partial charge in [0.05, 0.1) is 17.8 Å². The first-order valence-electron chi connectivity index (χ1n) is 12.8. The number of rotatable bonds is 9. The Labute approximate surface area is 245 Å². The van der Waals surface area contributed by atoms with Crippen molar-refractivity contribution in [3.05, 3.63) is 124 Å². The van der Waals surface area contributed by atoms with Gasteiger partial charge in [-0.2, -0.15) is 0 Å². The summed E-state index contributed by atoms with van der Waals surface area (Å²) in [7, 11) is 1.41. The molecule has 1 aliphatic rings. The SMILES string of the molecule is COc1cc(/C=C2\C(=O)NC(=O)N(c3ccc(OCc4ccccc4)cc3)C2=O)cc(Cl)c1OCc1cccc(F)c1. The molecule has 1 heterocycles. The van der Waals surface area contributed by atoms with E-state index in [1.807, 2.05) is 30.3 Å². The van der Waals surface area contributed by atoms with Crippen molar-refractivity contribution >= 4 is 41.2 Å². The van der Waals surface area contributed by atoms with E-state index in [1.54, 1.807) is 36.4 Å². The van der Waals surface area contributed by atoms with Crippen molar-refractivity contribution in [2.24, 2.45) is 0 Å². The third kappa shape index (κ3) is 6.42. The molecule has 0 saturated carbocycles. The van der Waals surface area contributed by atoms with E-state index in [9.17, 15) is 18.8 Å². The summed E-state index contributed by atoms with van der Waals surface area (Å²) in [4.78, 5) is 39.6. The van der Waals surface area contributed by atoms with E-state index in [1.165, 1.54) is 37.5 Å². The molecule has 0 aliphatic carbocycles. The summed E-state index contributed by atoms with van der Waals surface area (Å²) in [5, 5.41) is 2.33. The summed E-state index contributed by atoms with van der Waals surface area (Å²) in [6.07, 6.45) is 1.30. The zero-order valence-corrected chi connectivity index (χ0v) is 23.1. The maximum Gasteiger partial charge on any atom is 0.335 e. The van der Waals surface area contributed by atoms with Gasteiger partial charge in [0, 0.05) is 0 Å². The Hall–Kier alpha value is -5.15. The Bertz CT molecular complexity index is 1670. The van der Waals surface area contributed by atoms with E-state index < -0.39 is 23.7 Å². The predicted molar refractivity (Wildman–Crippen MR) is 155 cm³/mol. The number of carbonyl (C=O) groups excluding carboxylic acids is 3. The van der Waals surface area contributed by atoms with Gasteiger partial charge in [-0.05, 0) is 71.3 Å². The van der Waals surface area contributed by atoms with Gasteiger partial charge in [-0.25, -0.2) is 14.1 Å². The van der Waals surface area contributed by atoms with Crippen molar-refractivity contribution in [3.63, 3.8) is 0 Å².